The van der Waals surface area contributed by atoms with E-state index in [1.54, 1.807) is 0 Å². The molecule has 5 nitrogen and oxygen atoms in total. The zero-order chi connectivity index (χ0) is 25.3. The molecule has 0 aromatic heterocycles. The number of fused-ring (bicyclic) bond motifs is 1. The van der Waals surface area contributed by atoms with Crippen molar-refractivity contribution in [2.45, 2.75) is 32.5 Å². The van der Waals surface area contributed by atoms with Gasteiger partial charge in [-0.25, -0.2) is 0 Å². The second kappa shape index (κ2) is 12.1. The fraction of sp³-hybridized carbons (Fsp3) is 0.219. The third-order valence-corrected chi connectivity index (χ3v) is 6.48. The fourth-order valence-electron chi connectivity index (χ4n) is 4.55. The Morgan fingerprint density at radius 3 is 2.03 bits per heavy atom. The van der Waals surface area contributed by atoms with Gasteiger partial charge in [0.25, 0.3) is 0 Å². The maximum Gasteiger partial charge on any atom is 0.243 e. The molecule has 1 aliphatic heterocycles. The average molecular weight is 493 g/mol. The van der Waals surface area contributed by atoms with Crippen molar-refractivity contribution < 1.29 is 14.3 Å². The van der Waals surface area contributed by atoms with Crippen LogP contribution in [-0.4, -0.2) is 19.0 Å². The van der Waals surface area contributed by atoms with Crippen molar-refractivity contribution in [2.24, 2.45) is 0 Å². The van der Waals surface area contributed by atoms with Crippen LogP contribution in [-0.2, 0) is 24.4 Å². The first-order valence-corrected chi connectivity index (χ1v) is 12.8. The second-order valence-electron chi connectivity index (χ2n) is 9.29. The molecular weight excluding hydrogens is 460 g/mol. The second-order valence-corrected chi connectivity index (χ2v) is 9.29. The zero-order valence-corrected chi connectivity index (χ0v) is 20.9. The van der Waals surface area contributed by atoms with Gasteiger partial charge >= 0.3 is 0 Å². The van der Waals surface area contributed by atoms with Crippen LogP contribution >= 0.6 is 0 Å². The smallest absolute Gasteiger partial charge is 0.243 e. The molecule has 0 fully saturated rings. The summed E-state index contributed by atoms with van der Waals surface area (Å²) >= 11 is 0. The van der Waals surface area contributed by atoms with E-state index in [0.717, 1.165) is 59.8 Å². The molecule has 0 aliphatic carbocycles. The van der Waals surface area contributed by atoms with E-state index < -0.39 is 0 Å². The minimum atomic E-state index is -0.0322. The maximum absolute atomic E-state index is 12.9. The summed E-state index contributed by atoms with van der Waals surface area (Å²) < 4.78 is 11.9. The van der Waals surface area contributed by atoms with Crippen molar-refractivity contribution in [3.8, 4) is 11.5 Å². The van der Waals surface area contributed by atoms with Gasteiger partial charge in [0.05, 0.1) is 6.54 Å². The summed E-state index contributed by atoms with van der Waals surface area (Å²) in [6.07, 6.45) is 3.13. The number of nitrogens with zero attached hydrogens (tertiary/aromatic N) is 1. The highest BCUT2D eigenvalue weighted by molar-refractivity contribution is 5.94. The molecule has 1 N–H and O–H groups in total. The molecule has 0 saturated heterocycles. The van der Waals surface area contributed by atoms with Gasteiger partial charge in [-0.3, -0.25) is 4.79 Å². The molecule has 5 heteroatoms. The van der Waals surface area contributed by atoms with E-state index in [0.29, 0.717) is 19.8 Å². The van der Waals surface area contributed by atoms with E-state index in [1.165, 1.54) is 5.56 Å². The molecule has 0 saturated carbocycles. The van der Waals surface area contributed by atoms with E-state index >= 15 is 0 Å². The molecule has 1 heterocycles. The Bertz CT molecular complexity index is 1290. The van der Waals surface area contributed by atoms with Crippen molar-refractivity contribution in [2.75, 3.05) is 23.3 Å². The van der Waals surface area contributed by atoms with Crippen molar-refractivity contribution in [3.05, 3.63) is 120 Å². The molecular formula is C32H32N2O3. The molecule has 0 atom stereocenters. The number of carbonyl (C=O) groups is 1. The van der Waals surface area contributed by atoms with Gasteiger partial charge in [-0.2, -0.15) is 0 Å². The first kappa shape index (κ1) is 24.4. The molecule has 0 spiro atoms. The van der Waals surface area contributed by atoms with Crippen LogP contribution in [0.25, 0.3) is 0 Å². The van der Waals surface area contributed by atoms with Crippen LogP contribution in [0.3, 0.4) is 0 Å². The monoisotopic (exact) mass is 492 g/mol. The number of aryl methyl sites for hydroxylation is 1. The number of nitrogens with one attached hydrogen (secondary N) is 1. The van der Waals surface area contributed by atoms with E-state index in [4.69, 9.17) is 9.47 Å². The van der Waals surface area contributed by atoms with E-state index in [9.17, 15) is 4.79 Å². The third-order valence-electron chi connectivity index (χ3n) is 6.48. The van der Waals surface area contributed by atoms with Gasteiger partial charge in [0.2, 0.25) is 5.91 Å². The zero-order valence-electron chi connectivity index (χ0n) is 20.9. The Hall–Kier alpha value is -4.25. The highest BCUT2D eigenvalue weighted by atomic mass is 16.5. The van der Waals surface area contributed by atoms with E-state index in [1.807, 2.05) is 78.9 Å². The van der Waals surface area contributed by atoms with Crippen LogP contribution in [0.2, 0.25) is 0 Å². The van der Waals surface area contributed by atoms with Crippen molar-refractivity contribution in [3.63, 3.8) is 0 Å². The summed E-state index contributed by atoms with van der Waals surface area (Å²) in [4.78, 5) is 15.1. The van der Waals surface area contributed by atoms with Crippen LogP contribution in [0.5, 0.6) is 11.5 Å². The van der Waals surface area contributed by atoms with Gasteiger partial charge in [-0.15, -0.1) is 0 Å². The predicted molar refractivity (Wildman–Crippen MR) is 148 cm³/mol. The third kappa shape index (κ3) is 6.91. The predicted octanol–water partition coefficient (Wildman–Crippen LogP) is 6.63. The summed E-state index contributed by atoms with van der Waals surface area (Å²) in [5, 5.41) is 3.03. The highest BCUT2D eigenvalue weighted by Crippen LogP contribution is 2.30. The first-order valence-electron chi connectivity index (χ1n) is 12.8. The minimum absolute atomic E-state index is 0.0322. The molecule has 1 aliphatic rings. The maximum atomic E-state index is 12.9. The summed E-state index contributed by atoms with van der Waals surface area (Å²) in [7, 11) is 0. The van der Waals surface area contributed by atoms with Gasteiger partial charge < -0.3 is 19.7 Å². The lowest BCUT2D eigenvalue weighted by Crippen LogP contribution is -2.34. The number of carbonyl (C=O) groups excluding carboxylic acids is 1. The van der Waals surface area contributed by atoms with E-state index in [2.05, 4.69) is 34.5 Å². The molecule has 5 rings (SSSR count). The molecule has 4 aromatic rings. The van der Waals surface area contributed by atoms with Crippen LogP contribution in [0.15, 0.2) is 103 Å². The lowest BCUT2D eigenvalue weighted by Gasteiger charge is -2.25. The molecule has 0 unspecified atom stereocenters. The number of ether oxygens (including phenoxy) is 2. The summed E-state index contributed by atoms with van der Waals surface area (Å²) in [6.45, 7) is 2.22. The summed E-state index contributed by atoms with van der Waals surface area (Å²) in [5.74, 6) is 1.60. The standard InChI is InChI=1S/C32H32N2O3/c35-32(33-28-14-16-29(17-15-28)36-23-25-9-3-1-4-10-25)22-34-20-8-7-13-27-21-30(18-19-31(27)34)37-24-26-11-5-2-6-12-26/h1-6,9-12,14-19,21H,7-8,13,20,22-24H2,(H,33,35). The quantitative estimate of drug-likeness (QED) is 0.285. The Labute approximate surface area is 218 Å². The number of hydrogen-bond donors (Lipinski definition) is 1. The Morgan fingerprint density at radius 2 is 1.35 bits per heavy atom. The van der Waals surface area contributed by atoms with Gasteiger partial charge in [0.15, 0.2) is 0 Å². The van der Waals surface area contributed by atoms with Crippen LogP contribution in [0.1, 0.15) is 29.5 Å². The minimum Gasteiger partial charge on any atom is -0.489 e. The normalized spacial score (nSPS) is 12.8. The number of amides is 1. The molecule has 4 aromatic carbocycles. The number of rotatable bonds is 9. The lowest BCUT2D eigenvalue weighted by atomic mass is 10.1. The highest BCUT2D eigenvalue weighted by Gasteiger charge is 2.19. The van der Waals surface area contributed by atoms with E-state index in [-0.39, 0.29) is 5.91 Å². The largest absolute Gasteiger partial charge is 0.489 e. The Morgan fingerprint density at radius 1 is 0.730 bits per heavy atom. The Balaban J connectivity index is 1.17. The van der Waals surface area contributed by atoms with Crippen molar-refractivity contribution >= 4 is 17.3 Å². The summed E-state index contributed by atoms with van der Waals surface area (Å²) in [6, 6.07) is 34.0. The Kier molecular flexibility index (Phi) is 8.01. The van der Waals surface area contributed by atoms with Crippen molar-refractivity contribution in [1.82, 2.24) is 0 Å². The van der Waals surface area contributed by atoms with Gasteiger partial charge in [0.1, 0.15) is 24.7 Å². The molecule has 1 amide bonds. The fourth-order valence-corrected chi connectivity index (χ4v) is 4.55. The van der Waals surface area contributed by atoms with Crippen molar-refractivity contribution in [1.29, 1.82) is 0 Å². The SMILES string of the molecule is O=C(CN1CCCCc2cc(OCc3ccccc3)ccc21)Nc1ccc(OCc2ccccc2)cc1. The number of benzene rings is 4. The van der Waals surface area contributed by atoms with Gasteiger partial charge in [-0.05, 0) is 78.4 Å². The molecule has 188 valence electrons. The number of anilines is 2. The average Bonchev–Trinajstić information content (AvgIpc) is 3.14. The topological polar surface area (TPSA) is 50.8 Å². The number of hydrogen-bond acceptors (Lipinski definition) is 4. The first-order chi connectivity index (χ1) is 18.2. The van der Waals surface area contributed by atoms with Crippen LogP contribution in [0.4, 0.5) is 11.4 Å². The molecule has 0 radical (unpaired) electrons. The summed E-state index contributed by atoms with van der Waals surface area (Å²) in [5.41, 5.74) is 5.37. The lowest BCUT2D eigenvalue weighted by molar-refractivity contribution is -0.115. The van der Waals surface area contributed by atoms with Gasteiger partial charge in [0, 0.05) is 17.9 Å². The molecule has 37 heavy (non-hydrogen) atoms. The van der Waals surface area contributed by atoms with Crippen LogP contribution in [0, 0.1) is 0 Å². The molecule has 0 bridgehead atoms. The van der Waals surface area contributed by atoms with Gasteiger partial charge in [-0.1, -0.05) is 60.7 Å². The van der Waals surface area contributed by atoms with Crippen LogP contribution < -0.4 is 19.7 Å².